The fraction of sp³-hybridized carbons (Fsp3) is 0.0769. The van der Waals surface area contributed by atoms with E-state index in [1.165, 1.54) is 0 Å². The number of carboxylic acid groups (broad SMARTS) is 1. The van der Waals surface area contributed by atoms with E-state index in [2.05, 4.69) is 0 Å². The lowest BCUT2D eigenvalue weighted by molar-refractivity contribution is -0.142. The predicted octanol–water partition coefficient (Wildman–Crippen LogP) is 2.69. The zero-order valence-corrected chi connectivity index (χ0v) is 10.2. The fourth-order valence-corrected chi connectivity index (χ4v) is 1.77. The second-order valence-electron chi connectivity index (χ2n) is 4.05. The summed E-state index contributed by atoms with van der Waals surface area (Å²) in [5.41, 5.74) is -3.78. The number of alkyl halides is 3. The van der Waals surface area contributed by atoms with E-state index in [4.69, 9.17) is 5.11 Å². The molecule has 0 aliphatic rings. The number of carbonyl (C=O) groups is 1. The summed E-state index contributed by atoms with van der Waals surface area (Å²) in [6, 6.07) is 4.74. The number of carboxylic acids is 1. The topological polar surface area (TPSA) is 59.3 Å². The van der Waals surface area contributed by atoms with Gasteiger partial charge in [0.25, 0.3) is 5.56 Å². The first kappa shape index (κ1) is 14.8. The van der Waals surface area contributed by atoms with E-state index in [-0.39, 0.29) is 10.3 Å². The number of rotatable bonds is 2. The molecule has 0 atom stereocenters. The van der Waals surface area contributed by atoms with Crippen molar-refractivity contribution in [2.24, 2.45) is 0 Å². The van der Waals surface area contributed by atoms with Crippen molar-refractivity contribution in [3.63, 3.8) is 0 Å². The van der Waals surface area contributed by atoms with Crippen molar-refractivity contribution in [1.82, 2.24) is 4.57 Å². The summed E-state index contributed by atoms with van der Waals surface area (Å²) in [6.45, 7) is 0. The minimum absolute atomic E-state index is 0.197. The number of hydrogen-bond donors (Lipinski definition) is 1. The molecule has 2 aromatic rings. The number of hydrogen-bond acceptors (Lipinski definition) is 2. The lowest BCUT2D eigenvalue weighted by Gasteiger charge is -2.15. The fourth-order valence-electron chi connectivity index (χ4n) is 1.77. The smallest absolute Gasteiger partial charge is 0.431 e. The van der Waals surface area contributed by atoms with Gasteiger partial charge in [0.05, 0.1) is 0 Å². The highest BCUT2D eigenvalue weighted by Crippen LogP contribution is 2.30. The van der Waals surface area contributed by atoms with Crippen LogP contribution in [0.1, 0.15) is 16.1 Å². The zero-order chi connectivity index (χ0) is 15.8. The third-order valence-electron chi connectivity index (χ3n) is 2.69. The average Bonchev–Trinajstić information content (AvgIpc) is 2.38. The van der Waals surface area contributed by atoms with Gasteiger partial charge in [-0.3, -0.25) is 9.36 Å². The van der Waals surface area contributed by atoms with Crippen molar-refractivity contribution >= 4 is 5.97 Å². The van der Waals surface area contributed by atoms with Crippen molar-refractivity contribution in [2.75, 3.05) is 0 Å². The Morgan fingerprint density at radius 1 is 1.05 bits per heavy atom. The molecule has 8 heteroatoms. The third-order valence-corrected chi connectivity index (χ3v) is 2.69. The van der Waals surface area contributed by atoms with Gasteiger partial charge in [-0.05, 0) is 36.4 Å². The SMILES string of the molecule is O=C(O)c1ccc(C(F)(F)F)n(-c2ccc(F)cc2)c1=O. The highest BCUT2D eigenvalue weighted by Gasteiger charge is 2.35. The summed E-state index contributed by atoms with van der Waals surface area (Å²) in [7, 11) is 0. The van der Waals surface area contributed by atoms with E-state index in [0.717, 1.165) is 24.3 Å². The molecule has 0 saturated carbocycles. The van der Waals surface area contributed by atoms with Crippen LogP contribution < -0.4 is 5.56 Å². The molecule has 0 fully saturated rings. The second kappa shape index (κ2) is 5.04. The van der Waals surface area contributed by atoms with Crippen LogP contribution in [0.3, 0.4) is 0 Å². The van der Waals surface area contributed by atoms with Gasteiger partial charge in [0.2, 0.25) is 0 Å². The monoisotopic (exact) mass is 301 g/mol. The molecule has 0 saturated heterocycles. The van der Waals surface area contributed by atoms with Crippen LogP contribution in [-0.4, -0.2) is 15.6 Å². The summed E-state index contributed by atoms with van der Waals surface area (Å²) >= 11 is 0. The molecular formula is C13H7F4NO3. The third kappa shape index (κ3) is 2.78. The van der Waals surface area contributed by atoms with Crippen LogP contribution in [0.25, 0.3) is 5.69 Å². The average molecular weight is 301 g/mol. The standard InChI is InChI=1S/C13H7F4NO3/c14-7-1-3-8(4-2-7)18-10(13(15,16)17)6-5-9(11(18)19)12(20)21/h1-6H,(H,20,21). The maximum Gasteiger partial charge on any atom is 0.431 e. The van der Waals surface area contributed by atoms with Crippen LogP contribution in [0, 0.1) is 5.82 Å². The molecule has 2 rings (SSSR count). The summed E-state index contributed by atoms with van der Waals surface area (Å²) in [6.07, 6.45) is -4.87. The Morgan fingerprint density at radius 3 is 2.10 bits per heavy atom. The van der Waals surface area contributed by atoms with Gasteiger partial charge in [-0.25, -0.2) is 9.18 Å². The normalized spacial score (nSPS) is 11.4. The van der Waals surface area contributed by atoms with E-state index >= 15 is 0 Å². The maximum atomic E-state index is 12.9. The van der Waals surface area contributed by atoms with Crippen molar-refractivity contribution in [3.05, 3.63) is 63.8 Å². The summed E-state index contributed by atoms with van der Waals surface area (Å²) in [4.78, 5) is 22.8. The Morgan fingerprint density at radius 2 is 1.62 bits per heavy atom. The molecule has 0 radical (unpaired) electrons. The Balaban J connectivity index is 2.82. The quantitative estimate of drug-likeness (QED) is 0.868. The molecule has 110 valence electrons. The number of nitrogens with zero attached hydrogens (tertiary/aromatic N) is 1. The van der Waals surface area contributed by atoms with E-state index in [0.29, 0.717) is 12.1 Å². The van der Waals surface area contributed by atoms with Gasteiger partial charge in [-0.15, -0.1) is 0 Å². The minimum Gasteiger partial charge on any atom is -0.477 e. The van der Waals surface area contributed by atoms with Crippen LogP contribution >= 0.6 is 0 Å². The van der Waals surface area contributed by atoms with Crippen LogP contribution in [0.2, 0.25) is 0 Å². The Hall–Kier alpha value is -2.64. The van der Waals surface area contributed by atoms with Crippen LogP contribution in [0.4, 0.5) is 17.6 Å². The molecule has 0 bridgehead atoms. The van der Waals surface area contributed by atoms with Gasteiger partial charge < -0.3 is 5.11 Å². The van der Waals surface area contributed by atoms with Gasteiger partial charge in [0.1, 0.15) is 17.1 Å². The number of pyridine rings is 1. The number of aromatic carboxylic acids is 1. The Labute approximate surface area is 114 Å². The Kier molecular flexibility index (Phi) is 3.54. The molecule has 1 N–H and O–H groups in total. The highest BCUT2D eigenvalue weighted by atomic mass is 19.4. The molecule has 0 amide bonds. The summed E-state index contributed by atoms with van der Waals surface area (Å²) in [5, 5.41) is 8.82. The first-order valence-corrected chi connectivity index (χ1v) is 5.54. The highest BCUT2D eigenvalue weighted by molar-refractivity contribution is 5.87. The lowest BCUT2D eigenvalue weighted by atomic mass is 10.2. The van der Waals surface area contributed by atoms with Gasteiger partial charge in [0, 0.05) is 5.69 Å². The van der Waals surface area contributed by atoms with Crippen LogP contribution in [0.5, 0.6) is 0 Å². The lowest BCUT2D eigenvalue weighted by Crippen LogP contribution is -2.30. The molecule has 0 aliphatic heterocycles. The van der Waals surface area contributed by atoms with E-state index in [1.807, 2.05) is 0 Å². The molecule has 1 heterocycles. The van der Waals surface area contributed by atoms with Crippen molar-refractivity contribution in [3.8, 4) is 5.69 Å². The van der Waals surface area contributed by atoms with Crippen LogP contribution in [-0.2, 0) is 6.18 Å². The summed E-state index contributed by atoms with van der Waals surface area (Å²) < 4.78 is 51.9. The molecule has 0 spiro atoms. The van der Waals surface area contributed by atoms with Crippen molar-refractivity contribution < 1.29 is 27.5 Å². The molecule has 1 aromatic heterocycles. The second-order valence-corrected chi connectivity index (χ2v) is 4.05. The Bertz CT molecular complexity index is 747. The van der Waals surface area contributed by atoms with E-state index < -0.39 is 34.8 Å². The predicted molar refractivity (Wildman–Crippen MR) is 64.0 cm³/mol. The van der Waals surface area contributed by atoms with E-state index in [1.54, 1.807) is 0 Å². The largest absolute Gasteiger partial charge is 0.477 e. The van der Waals surface area contributed by atoms with Crippen molar-refractivity contribution in [1.29, 1.82) is 0 Å². The van der Waals surface area contributed by atoms with E-state index in [9.17, 15) is 27.2 Å². The molecule has 0 unspecified atom stereocenters. The van der Waals surface area contributed by atoms with Crippen LogP contribution in [0.15, 0.2) is 41.2 Å². The number of halogens is 4. The summed E-state index contributed by atoms with van der Waals surface area (Å²) in [5.74, 6) is -2.35. The first-order chi connectivity index (χ1) is 9.71. The van der Waals surface area contributed by atoms with Gasteiger partial charge in [-0.2, -0.15) is 13.2 Å². The van der Waals surface area contributed by atoms with Gasteiger partial charge in [0.15, 0.2) is 0 Å². The molecular weight excluding hydrogens is 294 g/mol. The van der Waals surface area contributed by atoms with Gasteiger partial charge >= 0.3 is 12.1 Å². The molecule has 4 nitrogen and oxygen atoms in total. The minimum atomic E-state index is -4.87. The first-order valence-electron chi connectivity index (χ1n) is 5.54. The molecule has 21 heavy (non-hydrogen) atoms. The van der Waals surface area contributed by atoms with Gasteiger partial charge in [-0.1, -0.05) is 0 Å². The maximum absolute atomic E-state index is 12.9. The molecule has 1 aromatic carbocycles. The molecule has 0 aliphatic carbocycles. The number of aromatic nitrogens is 1. The van der Waals surface area contributed by atoms with Crippen molar-refractivity contribution in [2.45, 2.75) is 6.18 Å². The zero-order valence-electron chi connectivity index (χ0n) is 10.2. The number of benzene rings is 1.